The summed E-state index contributed by atoms with van der Waals surface area (Å²) in [6, 6.07) is 15.0. The molecule has 0 fully saturated rings. The molecule has 2 N–H and O–H groups in total. The number of nitriles is 1. The second kappa shape index (κ2) is 9.33. The van der Waals surface area contributed by atoms with Crippen molar-refractivity contribution in [3.63, 3.8) is 0 Å². The van der Waals surface area contributed by atoms with Gasteiger partial charge >= 0.3 is 5.97 Å². The minimum Gasteiger partial charge on any atom is -0.465 e. The molecule has 0 aliphatic carbocycles. The molecule has 3 rings (SSSR count). The Morgan fingerprint density at radius 2 is 2.03 bits per heavy atom. The van der Waals surface area contributed by atoms with Crippen LogP contribution in [0.25, 0.3) is 5.57 Å². The summed E-state index contributed by atoms with van der Waals surface area (Å²) < 4.78 is 4.70. The number of carbonyl (C=O) groups is 1. The van der Waals surface area contributed by atoms with Crippen LogP contribution in [0.15, 0.2) is 71.1 Å². The number of nitrogens with one attached hydrogen (secondary N) is 2. The Kier molecular flexibility index (Phi) is 6.38. The number of benzene rings is 1. The minimum atomic E-state index is -0.352. The van der Waals surface area contributed by atoms with Gasteiger partial charge in [0.15, 0.2) is 5.96 Å². The predicted molar refractivity (Wildman–Crippen MR) is 111 cm³/mol. The summed E-state index contributed by atoms with van der Waals surface area (Å²) in [4.78, 5) is 20.3. The number of hydrogen-bond donors (Lipinski definition) is 2. The van der Waals surface area contributed by atoms with Gasteiger partial charge < -0.3 is 15.4 Å². The van der Waals surface area contributed by atoms with Crippen LogP contribution >= 0.6 is 0 Å². The second-order valence-electron chi connectivity index (χ2n) is 6.34. The third kappa shape index (κ3) is 4.87. The number of carbonyl (C=O) groups excluding carboxylic acids is 1. The van der Waals surface area contributed by atoms with Crippen molar-refractivity contribution in [1.82, 2.24) is 15.6 Å². The van der Waals surface area contributed by atoms with E-state index in [0.29, 0.717) is 41.5 Å². The Morgan fingerprint density at radius 1 is 1.24 bits per heavy atom. The standard InChI is InChI=1S/C22H21N5O2/c1-15-14-26-22(27-20(15)18(13-23)19-5-3-4-11-24-19)25-12-10-16-6-8-17(9-7-16)21(28)29-2/h3-9,11,14H,10,12H2,1-2H3,(H2,25,26,27). The zero-order valence-corrected chi connectivity index (χ0v) is 16.3. The smallest absolute Gasteiger partial charge is 0.337 e. The molecule has 2 heterocycles. The Bertz CT molecular complexity index is 1020. The van der Waals surface area contributed by atoms with E-state index in [1.165, 1.54) is 7.11 Å². The highest BCUT2D eigenvalue weighted by Gasteiger charge is 2.17. The van der Waals surface area contributed by atoms with Crippen LogP contribution in [-0.4, -0.2) is 30.6 Å². The van der Waals surface area contributed by atoms with E-state index in [1.54, 1.807) is 24.4 Å². The average molecular weight is 387 g/mol. The lowest BCUT2D eigenvalue weighted by Gasteiger charge is -2.21. The number of guanidine groups is 1. The number of aliphatic imine (C=N–C) groups is 1. The molecule has 1 aromatic carbocycles. The number of esters is 1. The number of rotatable bonds is 5. The molecule has 1 aromatic heterocycles. The zero-order chi connectivity index (χ0) is 20.6. The Balaban J connectivity index is 1.71. The lowest BCUT2D eigenvalue weighted by Crippen LogP contribution is -2.39. The summed E-state index contributed by atoms with van der Waals surface area (Å²) in [7, 11) is 1.36. The molecule has 0 saturated heterocycles. The van der Waals surface area contributed by atoms with E-state index in [4.69, 9.17) is 4.74 Å². The molecule has 146 valence electrons. The van der Waals surface area contributed by atoms with Gasteiger partial charge in [-0.1, -0.05) is 18.2 Å². The summed E-state index contributed by atoms with van der Waals surface area (Å²) in [6.07, 6.45) is 4.19. The number of allylic oxidation sites excluding steroid dienone is 2. The van der Waals surface area contributed by atoms with Crippen molar-refractivity contribution >= 4 is 17.5 Å². The summed E-state index contributed by atoms with van der Waals surface area (Å²) >= 11 is 0. The summed E-state index contributed by atoms with van der Waals surface area (Å²) in [5, 5.41) is 15.9. The van der Waals surface area contributed by atoms with E-state index in [-0.39, 0.29) is 5.97 Å². The Morgan fingerprint density at radius 3 is 2.69 bits per heavy atom. The molecule has 1 aliphatic rings. The van der Waals surface area contributed by atoms with E-state index in [9.17, 15) is 10.1 Å². The number of ether oxygens (including phenoxy) is 1. The van der Waals surface area contributed by atoms with Gasteiger partial charge in [0, 0.05) is 18.9 Å². The quantitative estimate of drug-likeness (QED) is 0.605. The van der Waals surface area contributed by atoms with Crippen LogP contribution in [-0.2, 0) is 11.2 Å². The summed E-state index contributed by atoms with van der Waals surface area (Å²) in [5.41, 5.74) is 4.23. The number of methoxy groups -OCH3 is 1. The third-order valence-electron chi connectivity index (χ3n) is 4.39. The van der Waals surface area contributed by atoms with Crippen LogP contribution in [0.1, 0.15) is 28.5 Å². The number of aromatic nitrogens is 1. The highest BCUT2D eigenvalue weighted by molar-refractivity contribution is 5.91. The maximum Gasteiger partial charge on any atom is 0.337 e. The van der Waals surface area contributed by atoms with Crippen LogP contribution in [0.4, 0.5) is 0 Å². The van der Waals surface area contributed by atoms with Gasteiger partial charge in [-0.05, 0) is 48.7 Å². The lowest BCUT2D eigenvalue weighted by atomic mass is 10.1. The maximum atomic E-state index is 11.5. The molecule has 0 radical (unpaired) electrons. The van der Waals surface area contributed by atoms with Crippen LogP contribution in [0.2, 0.25) is 0 Å². The van der Waals surface area contributed by atoms with Crippen molar-refractivity contribution in [2.45, 2.75) is 13.3 Å². The molecule has 0 saturated carbocycles. The van der Waals surface area contributed by atoms with Gasteiger partial charge in [0.1, 0.15) is 11.6 Å². The van der Waals surface area contributed by atoms with Crippen molar-refractivity contribution in [2.75, 3.05) is 13.7 Å². The van der Waals surface area contributed by atoms with E-state index in [1.807, 2.05) is 37.4 Å². The van der Waals surface area contributed by atoms with Crippen LogP contribution in [0, 0.1) is 11.3 Å². The second-order valence-corrected chi connectivity index (χ2v) is 6.34. The minimum absolute atomic E-state index is 0.352. The van der Waals surface area contributed by atoms with E-state index in [2.05, 4.69) is 26.7 Å². The maximum absolute atomic E-state index is 11.5. The molecule has 7 heteroatoms. The Labute approximate surface area is 169 Å². The van der Waals surface area contributed by atoms with Gasteiger partial charge in [0.25, 0.3) is 0 Å². The van der Waals surface area contributed by atoms with Gasteiger partial charge in [-0.15, -0.1) is 0 Å². The first-order valence-corrected chi connectivity index (χ1v) is 9.10. The monoisotopic (exact) mass is 387 g/mol. The van der Waals surface area contributed by atoms with E-state index in [0.717, 1.165) is 11.1 Å². The van der Waals surface area contributed by atoms with Crippen LogP contribution in [0.3, 0.4) is 0 Å². The average Bonchev–Trinajstić information content (AvgIpc) is 2.77. The molecule has 0 unspecified atom stereocenters. The molecular weight excluding hydrogens is 366 g/mol. The van der Waals surface area contributed by atoms with E-state index < -0.39 is 0 Å². The van der Waals surface area contributed by atoms with Crippen LogP contribution < -0.4 is 10.6 Å². The molecular formula is C22H21N5O2. The van der Waals surface area contributed by atoms with Crippen molar-refractivity contribution < 1.29 is 9.53 Å². The topological polar surface area (TPSA) is 99.4 Å². The predicted octanol–water partition coefficient (Wildman–Crippen LogP) is 2.80. The zero-order valence-electron chi connectivity index (χ0n) is 16.3. The van der Waals surface area contributed by atoms with Gasteiger partial charge in [-0.25, -0.2) is 4.79 Å². The summed E-state index contributed by atoms with van der Waals surface area (Å²) in [5.74, 6) is 0.218. The van der Waals surface area contributed by atoms with E-state index >= 15 is 0 Å². The van der Waals surface area contributed by atoms with Crippen LogP contribution in [0.5, 0.6) is 0 Å². The SMILES string of the molecule is COC(=O)c1ccc(CCN=C2NC=C(C)C(=C(C#N)c3ccccn3)N2)cc1. The normalized spacial score (nSPS) is 16.2. The van der Waals surface area contributed by atoms with Crippen molar-refractivity contribution in [2.24, 2.45) is 4.99 Å². The van der Waals surface area contributed by atoms with Gasteiger partial charge in [-0.3, -0.25) is 9.98 Å². The van der Waals surface area contributed by atoms with Gasteiger partial charge in [0.05, 0.1) is 24.1 Å². The number of nitrogens with zero attached hydrogens (tertiary/aromatic N) is 3. The first-order valence-electron chi connectivity index (χ1n) is 9.10. The lowest BCUT2D eigenvalue weighted by molar-refractivity contribution is 0.0600. The first-order chi connectivity index (χ1) is 14.1. The highest BCUT2D eigenvalue weighted by atomic mass is 16.5. The Hall–Kier alpha value is -3.92. The fourth-order valence-electron chi connectivity index (χ4n) is 2.82. The molecule has 29 heavy (non-hydrogen) atoms. The van der Waals surface area contributed by atoms with Gasteiger partial charge in [0.2, 0.25) is 0 Å². The number of pyridine rings is 1. The van der Waals surface area contributed by atoms with Gasteiger partial charge in [-0.2, -0.15) is 5.26 Å². The fraction of sp³-hybridized carbons (Fsp3) is 0.182. The molecule has 1 aliphatic heterocycles. The van der Waals surface area contributed by atoms with Crippen molar-refractivity contribution in [3.8, 4) is 6.07 Å². The van der Waals surface area contributed by atoms with Crippen molar-refractivity contribution in [1.29, 1.82) is 5.26 Å². The third-order valence-corrected chi connectivity index (χ3v) is 4.39. The molecule has 2 aromatic rings. The largest absolute Gasteiger partial charge is 0.465 e. The molecule has 0 spiro atoms. The molecule has 0 atom stereocenters. The molecule has 0 bridgehead atoms. The first kappa shape index (κ1) is 19.8. The molecule has 7 nitrogen and oxygen atoms in total. The highest BCUT2D eigenvalue weighted by Crippen LogP contribution is 2.21. The summed E-state index contributed by atoms with van der Waals surface area (Å²) in [6.45, 7) is 2.45. The fourth-order valence-corrected chi connectivity index (χ4v) is 2.82. The van der Waals surface area contributed by atoms with Crippen molar-refractivity contribution in [3.05, 3.63) is 83.0 Å². The molecule has 0 amide bonds. The number of hydrogen-bond acceptors (Lipinski definition) is 5.